The monoisotopic (exact) mass is 239 g/mol. The van der Waals surface area contributed by atoms with Gasteiger partial charge < -0.3 is 5.32 Å². The van der Waals surface area contributed by atoms with Gasteiger partial charge in [-0.25, -0.2) is 4.98 Å². The molecule has 3 aliphatic heterocycles. The number of nitrogens with one attached hydrogen (secondary N) is 1. The smallest absolute Gasteiger partial charge is 0.202 e. The Morgan fingerprint density at radius 1 is 1.38 bits per heavy atom. The van der Waals surface area contributed by atoms with Crippen LogP contribution < -0.4 is 5.32 Å². The largest absolute Gasteiger partial charge is 0.361 e. The van der Waals surface area contributed by atoms with Crippen molar-refractivity contribution in [3.8, 4) is 0 Å². The fourth-order valence-corrected chi connectivity index (χ4v) is 3.14. The van der Waals surface area contributed by atoms with E-state index < -0.39 is 0 Å². The van der Waals surface area contributed by atoms with Gasteiger partial charge in [-0.2, -0.15) is 4.37 Å². The maximum atomic E-state index is 4.57. The first kappa shape index (κ1) is 10.4. The molecule has 0 aromatic carbocycles. The van der Waals surface area contributed by atoms with Crippen molar-refractivity contribution < 1.29 is 0 Å². The maximum absolute atomic E-state index is 4.57. The van der Waals surface area contributed by atoms with Crippen molar-refractivity contribution in [3.63, 3.8) is 0 Å². The second kappa shape index (κ2) is 4.27. The summed E-state index contributed by atoms with van der Waals surface area (Å²) in [6.07, 6.45) is 0. The highest BCUT2D eigenvalue weighted by Gasteiger charge is 2.34. The number of hydrogen-bond acceptors (Lipinski definition) is 6. The molecule has 5 nitrogen and oxygen atoms in total. The van der Waals surface area contributed by atoms with Crippen LogP contribution in [-0.2, 0) is 0 Å². The van der Waals surface area contributed by atoms with Crippen LogP contribution in [0.5, 0.6) is 0 Å². The lowest BCUT2D eigenvalue weighted by Crippen LogP contribution is -2.57. The van der Waals surface area contributed by atoms with E-state index in [1.54, 1.807) is 0 Å². The van der Waals surface area contributed by atoms with Crippen LogP contribution in [-0.4, -0.2) is 58.4 Å². The lowest BCUT2D eigenvalue weighted by Gasteiger charge is -2.46. The zero-order chi connectivity index (χ0) is 11.0. The predicted octanol–water partition coefficient (Wildman–Crippen LogP) is 0.642. The zero-order valence-corrected chi connectivity index (χ0v) is 10.3. The van der Waals surface area contributed by atoms with Gasteiger partial charge in [0.05, 0.1) is 6.04 Å². The van der Waals surface area contributed by atoms with Crippen molar-refractivity contribution >= 4 is 16.7 Å². The number of hydrogen-bond donors (Lipinski definition) is 1. The minimum Gasteiger partial charge on any atom is -0.361 e. The van der Waals surface area contributed by atoms with Gasteiger partial charge in [0.1, 0.15) is 0 Å². The summed E-state index contributed by atoms with van der Waals surface area (Å²) in [4.78, 5) is 9.59. The molecule has 0 aliphatic carbocycles. The van der Waals surface area contributed by atoms with Crippen LogP contribution in [0.15, 0.2) is 0 Å². The van der Waals surface area contributed by atoms with Gasteiger partial charge in [-0.1, -0.05) is 0 Å². The molecule has 1 N–H and O–H groups in total. The van der Waals surface area contributed by atoms with Gasteiger partial charge in [-0.15, -0.1) is 0 Å². The van der Waals surface area contributed by atoms with Gasteiger partial charge in [0.2, 0.25) is 5.13 Å². The van der Waals surface area contributed by atoms with E-state index in [9.17, 15) is 0 Å². The van der Waals surface area contributed by atoms with E-state index in [1.807, 2.05) is 0 Å². The summed E-state index contributed by atoms with van der Waals surface area (Å²) in [7, 11) is 0. The van der Waals surface area contributed by atoms with Crippen LogP contribution >= 0.6 is 11.5 Å². The lowest BCUT2D eigenvalue weighted by molar-refractivity contribution is 0.00918. The molecule has 0 saturated carbocycles. The highest BCUT2D eigenvalue weighted by molar-refractivity contribution is 7.09. The predicted molar refractivity (Wildman–Crippen MR) is 64.8 cm³/mol. The fourth-order valence-electron chi connectivity index (χ4n) is 2.46. The van der Waals surface area contributed by atoms with Crippen LogP contribution in [0, 0.1) is 0 Å². The Morgan fingerprint density at radius 3 is 2.81 bits per heavy atom. The molecule has 3 fully saturated rings. The van der Waals surface area contributed by atoms with E-state index in [0.29, 0.717) is 6.04 Å². The molecule has 3 aliphatic rings. The van der Waals surface area contributed by atoms with Crippen LogP contribution in [0.4, 0.5) is 5.13 Å². The fraction of sp³-hybridized carbons (Fsp3) is 0.800. The Bertz CT molecular complexity index is 358. The molecular weight excluding hydrogens is 222 g/mol. The Labute approximate surface area is 99.6 Å². The summed E-state index contributed by atoms with van der Waals surface area (Å²) in [6, 6.07) is 0.422. The number of nitrogens with zero attached hydrogens (tertiary/aromatic N) is 4. The van der Waals surface area contributed by atoms with Crippen molar-refractivity contribution in [2.75, 3.05) is 44.6 Å². The standard InChI is InChI=1S/C10H17N5S/c1-2-11-10-12-9(13-16-10)8-7-14-3-5-15(8)6-4-14/h8H,2-7H2,1H3,(H,11,12,13). The van der Waals surface area contributed by atoms with E-state index in [-0.39, 0.29) is 0 Å². The SMILES string of the molecule is CCNc1nc(C2CN3CCN2CC3)ns1. The number of piperazine rings is 3. The second-order valence-electron chi connectivity index (χ2n) is 4.34. The van der Waals surface area contributed by atoms with Gasteiger partial charge in [-0.05, 0) is 6.92 Å². The molecule has 0 spiro atoms. The molecule has 16 heavy (non-hydrogen) atoms. The van der Waals surface area contributed by atoms with Gasteiger partial charge in [0.25, 0.3) is 0 Å². The third-order valence-electron chi connectivity index (χ3n) is 3.35. The third kappa shape index (κ3) is 1.81. The highest BCUT2D eigenvalue weighted by atomic mass is 32.1. The second-order valence-corrected chi connectivity index (χ2v) is 5.09. The first-order valence-corrected chi connectivity index (χ1v) is 6.68. The molecule has 6 heteroatoms. The number of rotatable bonds is 3. The number of anilines is 1. The summed E-state index contributed by atoms with van der Waals surface area (Å²) in [6.45, 7) is 8.85. The summed E-state index contributed by atoms with van der Waals surface area (Å²) >= 11 is 1.48. The minimum atomic E-state index is 0.422. The molecule has 88 valence electrons. The van der Waals surface area contributed by atoms with Crippen LogP contribution in [0.25, 0.3) is 0 Å². The molecule has 2 bridgehead atoms. The Hall–Kier alpha value is -0.720. The van der Waals surface area contributed by atoms with Gasteiger partial charge >= 0.3 is 0 Å². The zero-order valence-electron chi connectivity index (χ0n) is 9.52. The van der Waals surface area contributed by atoms with Crippen molar-refractivity contribution in [2.45, 2.75) is 13.0 Å². The van der Waals surface area contributed by atoms with Crippen molar-refractivity contribution in [2.24, 2.45) is 0 Å². The average Bonchev–Trinajstić information content (AvgIpc) is 2.80. The molecular formula is C10H17N5S. The summed E-state index contributed by atoms with van der Waals surface area (Å²) < 4.78 is 4.48. The molecule has 4 heterocycles. The molecule has 1 aromatic rings. The average molecular weight is 239 g/mol. The quantitative estimate of drug-likeness (QED) is 0.838. The normalized spacial score (nSPS) is 32.9. The Balaban J connectivity index is 1.76. The summed E-state index contributed by atoms with van der Waals surface area (Å²) in [5, 5.41) is 4.18. The molecule has 1 atom stereocenters. The first-order chi connectivity index (χ1) is 7.86. The highest BCUT2D eigenvalue weighted by Crippen LogP contribution is 2.28. The minimum absolute atomic E-state index is 0.422. The van der Waals surface area contributed by atoms with Gasteiger partial charge in [0, 0.05) is 50.8 Å². The first-order valence-electron chi connectivity index (χ1n) is 5.90. The molecule has 0 radical (unpaired) electrons. The Morgan fingerprint density at radius 2 is 2.19 bits per heavy atom. The van der Waals surface area contributed by atoms with Crippen LogP contribution in [0.1, 0.15) is 18.8 Å². The van der Waals surface area contributed by atoms with E-state index in [2.05, 4.69) is 31.4 Å². The summed E-state index contributed by atoms with van der Waals surface area (Å²) in [5.74, 6) is 1.00. The van der Waals surface area contributed by atoms with E-state index in [0.717, 1.165) is 24.0 Å². The van der Waals surface area contributed by atoms with E-state index in [1.165, 1.54) is 37.7 Å². The van der Waals surface area contributed by atoms with Crippen LogP contribution in [0.3, 0.4) is 0 Å². The number of aromatic nitrogens is 2. The van der Waals surface area contributed by atoms with Crippen molar-refractivity contribution in [1.82, 2.24) is 19.2 Å². The molecule has 0 amide bonds. The molecule has 1 aromatic heterocycles. The Kier molecular flexibility index (Phi) is 2.79. The molecule has 4 rings (SSSR count). The molecule has 3 saturated heterocycles. The maximum Gasteiger partial charge on any atom is 0.202 e. The van der Waals surface area contributed by atoms with Gasteiger partial charge in [-0.3, -0.25) is 9.80 Å². The topological polar surface area (TPSA) is 44.3 Å². The summed E-state index contributed by atoms with van der Waals surface area (Å²) in [5.41, 5.74) is 0. The van der Waals surface area contributed by atoms with E-state index >= 15 is 0 Å². The third-order valence-corrected chi connectivity index (χ3v) is 4.03. The van der Waals surface area contributed by atoms with E-state index in [4.69, 9.17) is 0 Å². The molecule has 1 unspecified atom stereocenters. The van der Waals surface area contributed by atoms with Crippen LogP contribution in [0.2, 0.25) is 0 Å². The number of fused-ring (bicyclic) bond motifs is 3. The van der Waals surface area contributed by atoms with Gasteiger partial charge in [0.15, 0.2) is 5.82 Å². The van der Waals surface area contributed by atoms with Crippen molar-refractivity contribution in [3.05, 3.63) is 5.82 Å². The lowest BCUT2D eigenvalue weighted by atomic mass is 10.1. The van der Waals surface area contributed by atoms with Crippen molar-refractivity contribution in [1.29, 1.82) is 0 Å².